The van der Waals surface area contributed by atoms with E-state index in [0.717, 1.165) is 63.1 Å². The average Bonchev–Trinajstić information content (AvgIpc) is 2.96. The molecule has 7 heteroatoms. The number of nitrogens with zero attached hydrogens (tertiary/aromatic N) is 5. The van der Waals surface area contributed by atoms with E-state index in [4.69, 9.17) is 5.73 Å². The molecule has 0 radical (unpaired) electrons. The zero-order valence-electron chi connectivity index (χ0n) is 15.1. The summed E-state index contributed by atoms with van der Waals surface area (Å²) in [7, 11) is 0. The molecule has 4 heterocycles. The molecule has 138 valence electrons. The Bertz CT molecular complexity index is 779. The number of hydrogen-bond donors (Lipinski definition) is 1. The van der Waals surface area contributed by atoms with Crippen molar-refractivity contribution in [3.63, 3.8) is 0 Å². The molecule has 2 aromatic rings. The summed E-state index contributed by atoms with van der Waals surface area (Å²) in [4.78, 5) is 30.2. The SMILES string of the molecule is Nc1ccc2c(N3CCC(C(=O)N4CCCCCC4)CC3)ncnc2n1. The van der Waals surface area contributed by atoms with Gasteiger partial charge >= 0.3 is 0 Å². The summed E-state index contributed by atoms with van der Waals surface area (Å²) < 4.78 is 0. The first-order valence-corrected chi connectivity index (χ1v) is 9.63. The Hall–Kier alpha value is -2.44. The third-order valence-electron chi connectivity index (χ3n) is 5.56. The molecule has 0 unspecified atom stereocenters. The summed E-state index contributed by atoms with van der Waals surface area (Å²) in [5, 5.41) is 0.916. The molecule has 2 aliphatic heterocycles. The second-order valence-electron chi connectivity index (χ2n) is 7.31. The predicted molar refractivity (Wildman–Crippen MR) is 102 cm³/mol. The van der Waals surface area contributed by atoms with Crippen LogP contribution < -0.4 is 10.6 Å². The van der Waals surface area contributed by atoms with E-state index in [1.807, 2.05) is 6.07 Å². The van der Waals surface area contributed by atoms with Crippen LogP contribution in [-0.4, -0.2) is 51.9 Å². The Labute approximate surface area is 153 Å². The highest BCUT2D eigenvalue weighted by Gasteiger charge is 2.29. The van der Waals surface area contributed by atoms with Crippen molar-refractivity contribution >= 4 is 28.6 Å². The Balaban J connectivity index is 1.44. The van der Waals surface area contributed by atoms with E-state index in [1.54, 1.807) is 12.4 Å². The quantitative estimate of drug-likeness (QED) is 0.890. The zero-order chi connectivity index (χ0) is 17.9. The number of piperidine rings is 1. The van der Waals surface area contributed by atoms with Crippen LogP contribution in [0, 0.1) is 5.92 Å². The number of amides is 1. The molecule has 0 spiro atoms. The number of hydrogen-bond acceptors (Lipinski definition) is 6. The summed E-state index contributed by atoms with van der Waals surface area (Å²) in [6.07, 6.45) is 8.09. The van der Waals surface area contributed by atoms with Gasteiger partial charge in [-0.2, -0.15) is 0 Å². The lowest BCUT2D eigenvalue weighted by atomic mass is 9.95. The largest absolute Gasteiger partial charge is 0.384 e. The minimum Gasteiger partial charge on any atom is -0.384 e. The summed E-state index contributed by atoms with van der Waals surface area (Å²) >= 11 is 0. The van der Waals surface area contributed by atoms with Gasteiger partial charge in [-0.3, -0.25) is 4.79 Å². The molecule has 1 amide bonds. The molecule has 2 N–H and O–H groups in total. The van der Waals surface area contributed by atoms with E-state index in [-0.39, 0.29) is 5.92 Å². The van der Waals surface area contributed by atoms with Crippen molar-refractivity contribution in [1.29, 1.82) is 0 Å². The lowest BCUT2D eigenvalue weighted by Gasteiger charge is -2.34. The van der Waals surface area contributed by atoms with Gasteiger partial charge in [0.25, 0.3) is 0 Å². The van der Waals surface area contributed by atoms with Gasteiger partial charge in [-0.15, -0.1) is 0 Å². The van der Waals surface area contributed by atoms with Crippen molar-refractivity contribution in [2.24, 2.45) is 5.92 Å². The van der Waals surface area contributed by atoms with Gasteiger partial charge in [0.05, 0.1) is 5.39 Å². The fraction of sp³-hybridized carbons (Fsp3) is 0.579. The maximum absolute atomic E-state index is 12.9. The second-order valence-corrected chi connectivity index (χ2v) is 7.31. The molecule has 0 saturated carbocycles. The van der Waals surface area contributed by atoms with Crippen LogP contribution in [0.2, 0.25) is 0 Å². The van der Waals surface area contributed by atoms with E-state index in [0.29, 0.717) is 17.4 Å². The fourth-order valence-corrected chi connectivity index (χ4v) is 4.08. The van der Waals surface area contributed by atoms with Crippen LogP contribution in [0.25, 0.3) is 11.0 Å². The number of nitrogens with two attached hydrogens (primary N) is 1. The molecule has 0 atom stereocenters. The standard InChI is InChI=1S/C19H26N6O/c20-16-6-5-15-17(23-16)21-13-22-18(15)24-11-7-14(8-12-24)19(26)25-9-3-1-2-4-10-25/h5-6,13-14H,1-4,7-12H2,(H2,20,21,22,23). The molecular weight excluding hydrogens is 328 g/mol. The lowest BCUT2D eigenvalue weighted by Crippen LogP contribution is -2.43. The first-order valence-electron chi connectivity index (χ1n) is 9.63. The molecule has 26 heavy (non-hydrogen) atoms. The summed E-state index contributed by atoms with van der Waals surface area (Å²) in [6.45, 7) is 3.53. The average molecular weight is 354 g/mol. The van der Waals surface area contributed by atoms with Gasteiger partial charge in [-0.05, 0) is 37.8 Å². The molecule has 2 fully saturated rings. The number of pyridine rings is 1. The van der Waals surface area contributed by atoms with Crippen molar-refractivity contribution in [2.75, 3.05) is 36.8 Å². The van der Waals surface area contributed by atoms with Crippen LogP contribution in [-0.2, 0) is 4.79 Å². The van der Waals surface area contributed by atoms with Crippen LogP contribution in [0.5, 0.6) is 0 Å². The number of rotatable bonds is 2. The third-order valence-corrected chi connectivity index (χ3v) is 5.56. The van der Waals surface area contributed by atoms with Gasteiger partial charge < -0.3 is 15.5 Å². The van der Waals surface area contributed by atoms with E-state index in [1.165, 1.54) is 12.8 Å². The first kappa shape index (κ1) is 17.0. The topological polar surface area (TPSA) is 88.2 Å². The molecule has 0 aromatic carbocycles. The van der Waals surface area contributed by atoms with Crippen molar-refractivity contribution in [3.8, 4) is 0 Å². The summed E-state index contributed by atoms with van der Waals surface area (Å²) in [5.41, 5.74) is 6.38. The minimum absolute atomic E-state index is 0.145. The van der Waals surface area contributed by atoms with Crippen LogP contribution in [0.15, 0.2) is 18.5 Å². The highest BCUT2D eigenvalue weighted by molar-refractivity contribution is 5.88. The molecule has 7 nitrogen and oxygen atoms in total. The number of carbonyl (C=O) groups is 1. The van der Waals surface area contributed by atoms with E-state index in [2.05, 4.69) is 24.8 Å². The molecule has 0 aliphatic carbocycles. The third kappa shape index (κ3) is 3.43. The molecular formula is C19H26N6O. The van der Waals surface area contributed by atoms with Gasteiger partial charge in [-0.25, -0.2) is 15.0 Å². The zero-order valence-corrected chi connectivity index (χ0v) is 15.1. The monoisotopic (exact) mass is 354 g/mol. The number of fused-ring (bicyclic) bond motifs is 1. The Morgan fingerprint density at radius 3 is 2.46 bits per heavy atom. The molecule has 0 bridgehead atoms. The molecule has 2 saturated heterocycles. The highest BCUT2D eigenvalue weighted by Crippen LogP contribution is 2.28. The predicted octanol–water partition coefficient (Wildman–Crippen LogP) is 2.23. The number of aromatic nitrogens is 3. The minimum atomic E-state index is 0.145. The lowest BCUT2D eigenvalue weighted by molar-refractivity contribution is -0.136. The van der Waals surface area contributed by atoms with Crippen molar-refractivity contribution in [2.45, 2.75) is 38.5 Å². The smallest absolute Gasteiger partial charge is 0.225 e. The Kier molecular flexibility index (Phi) is 4.86. The Morgan fingerprint density at radius 2 is 1.73 bits per heavy atom. The molecule has 2 aromatic heterocycles. The number of nitrogen functional groups attached to an aromatic ring is 1. The van der Waals surface area contributed by atoms with Crippen LogP contribution in [0.3, 0.4) is 0 Å². The summed E-state index contributed by atoms with van der Waals surface area (Å²) in [5.74, 6) is 1.85. The van der Waals surface area contributed by atoms with Gasteiger partial charge in [0.2, 0.25) is 5.91 Å². The van der Waals surface area contributed by atoms with Crippen LogP contribution in [0.4, 0.5) is 11.6 Å². The van der Waals surface area contributed by atoms with Gasteiger partial charge in [0.15, 0.2) is 5.65 Å². The van der Waals surface area contributed by atoms with Crippen LogP contribution in [0.1, 0.15) is 38.5 Å². The highest BCUT2D eigenvalue weighted by atomic mass is 16.2. The first-order chi connectivity index (χ1) is 12.7. The van der Waals surface area contributed by atoms with Crippen molar-refractivity contribution in [1.82, 2.24) is 19.9 Å². The number of carbonyl (C=O) groups excluding carboxylic acids is 1. The van der Waals surface area contributed by atoms with Gasteiger partial charge in [0, 0.05) is 32.1 Å². The second kappa shape index (κ2) is 7.43. The normalized spacial score (nSPS) is 19.5. The van der Waals surface area contributed by atoms with Crippen LogP contribution >= 0.6 is 0 Å². The van der Waals surface area contributed by atoms with Crippen molar-refractivity contribution < 1.29 is 4.79 Å². The van der Waals surface area contributed by atoms with Gasteiger partial charge in [-0.1, -0.05) is 12.8 Å². The number of anilines is 2. The van der Waals surface area contributed by atoms with E-state index < -0.39 is 0 Å². The maximum Gasteiger partial charge on any atom is 0.225 e. The fourth-order valence-electron chi connectivity index (χ4n) is 4.08. The number of likely N-dealkylation sites (tertiary alicyclic amines) is 1. The summed E-state index contributed by atoms with van der Waals surface area (Å²) in [6, 6.07) is 3.71. The van der Waals surface area contributed by atoms with Gasteiger partial charge in [0.1, 0.15) is 18.0 Å². The van der Waals surface area contributed by atoms with E-state index >= 15 is 0 Å². The molecule has 2 aliphatic rings. The Morgan fingerprint density at radius 1 is 1.00 bits per heavy atom. The van der Waals surface area contributed by atoms with Crippen molar-refractivity contribution in [3.05, 3.63) is 18.5 Å². The molecule has 4 rings (SSSR count). The maximum atomic E-state index is 12.9. The van der Waals surface area contributed by atoms with E-state index in [9.17, 15) is 4.79 Å².